The van der Waals surface area contributed by atoms with E-state index in [0.717, 1.165) is 24.2 Å². The molecule has 2 aliphatic heterocycles. The number of rotatable bonds is 4. The predicted octanol–water partition coefficient (Wildman–Crippen LogP) is 1.38. The van der Waals surface area contributed by atoms with E-state index in [9.17, 15) is 4.79 Å². The number of carbonyl (C=O) groups is 1. The van der Waals surface area contributed by atoms with Crippen molar-refractivity contribution in [2.75, 3.05) is 24.4 Å². The lowest BCUT2D eigenvalue weighted by Gasteiger charge is -2.20. The highest BCUT2D eigenvalue weighted by Gasteiger charge is 2.21. The number of likely N-dealkylation sites (tertiary alicyclic amines) is 1. The molecule has 1 amide bonds. The molecule has 1 aromatic rings. The molecule has 0 unspecified atom stereocenters. The number of carbonyl (C=O) groups excluding carboxylic acids is 1. The van der Waals surface area contributed by atoms with Crippen molar-refractivity contribution in [1.82, 2.24) is 4.90 Å². The van der Waals surface area contributed by atoms with Gasteiger partial charge in [0.25, 0.3) is 0 Å². The minimum absolute atomic E-state index is 0.211. The van der Waals surface area contributed by atoms with Crippen molar-refractivity contribution < 1.29 is 9.53 Å². The second-order valence-electron chi connectivity index (χ2n) is 4.68. The molecule has 7 heteroatoms. The largest absolute Gasteiger partial charge is 0.491 e. The van der Waals surface area contributed by atoms with Crippen molar-refractivity contribution in [2.45, 2.75) is 12.8 Å². The molecule has 1 aromatic carbocycles. The maximum absolute atomic E-state index is 11.5. The van der Waals surface area contributed by atoms with Gasteiger partial charge in [-0.1, -0.05) is 6.07 Å². The topological polar surface area (TPSA) is 80.0 Å². The molecule has 3 N–H and O–H groups in total. The summed E-state index contributed by atoms with van der Waals surface area (Å²) in [6, 6.07) is 5.70. The number of amidine groups is 1. The van der Waals surface area contributed by atoms with Crippen molar-refractivity contribution in [1.29, 1.82) is 0 Å². The summed E-state index contributed by atoms with van der Waals surface area (Å²) in [5.74, 6) is 1.36. The fourth-order valence-electron chi connectivity index (χ4n) is 2.37. The van der Waals surface area contributed by atoms with Gasteiger partial charge in [-0.05, 0) is 18.6 Å². The standard InChI is InChI=1S/C13H16N4O2S/c14-13-12-9(15-20-16-13)3-1-4-10(12)19-8-7-17-6-2-5-11(17)18/h1,3-4,15H,2,5-8H2,(H2,14,16). The van der Waals surface area contributed by atoms with Crippen LogP contribution in [0.1, 0.15) is 18.4 Å². The Morgan fingerprint density at radius 2 is 2.40 bits per heavy atom. The van der Waals surface area contributed by atoms with Crippen LogP contribution in [0.3, 0.4) is 0 Å². The zero-order valence-corrected chi connectivity index (χ0v) is 11.8. The first-order chi connectivity index (χ1) is 9.75. The summed E-state index contributed by atoms with van der Waals surface area (Å²) >= 11 is 1.20. The summed E-state index contributed by atoms with van der Waals surface area (Å²) in [5, 5.41) is 0. The van der Waals surface area contributed by atoms with Gasteiger partial charge in [-0.25, -0.2) is 0 Å². The van der Waals surface area contributed by atoms with Crippen molar-refractivity contribution in [3.63, 3.8) is 0 Å². The minimum Gasteiger partial charge on any atom is -0.491 e. The van der Waals surface area contributed by atoms with Gasteiger partial charge in [-0.3, -0.25) is 4.79 Å². The maximum Gasteiger partial charge on any atom is 0.222 e. The van der Waals surface area contributed by atoms with E-state index in [-0.39, 0.29) is 5.91 Å². The Labute approximate surface area is 121 Å². The van der Waals surface area contributed by atoms with E-state index in [1.54, 1.807) is 0 Å². The highest BCUT2D eigenvalue weighted by Crippen LogP contribution is 2.32. The molecule has 2 heterocycles. The Morgan fingerprint density at radius 3 is 3.20 bits per heavy atom. The zero-order chi connectivity index (χ0) is 13.9. The van der Waals surface area contributed by atoms with E-state index in [0.29, 0.717) is 31.2 Å². The number of fused-ring (bicyclic) bond motifs is 1. The van der Waals surface area contributed by atoms with Crippen LogP contribution in [-0.2, 0) is 4.79 Å². The molecule has 1 fully saturated rings. The molecule has 0 aromatic heterocycles. The van der Waals surface area contributed by atoms with Crippen LogP contribution >= 0.6 is 12.1 Å². The van der Waals surface area contributed by atoms with Crippen LogP contribution in [0.15, 0.2) is 22.6 Å². The number of nitrogens with two attached hydrogens (primary N) is 1. The first-order valence-corrected chi connectivity index (χ1v) is 7.32. The van der Waals surface area contributed by atoms with Crippen LogP contribution in [0.4, 0.5) is 5.69 Å². The molecule has 0 bridgehead atoms. The average Bonchev–Trinajstić information content (AvgIpc) is 2.85. The monoisotopic (exact) mass is 292 g/mol. The maximum atomic E-state index is 11.5. The lowest BCUT2D eigenvalue weighted by Crippen LogP contribution is -2.29. The Morgan fingerprint density at radius 1 is 1.50 bits per heavy atom. The quantitative estimate of drug-likeness (QED) is 0.820. The molecular weight excluding hydrogens is 276 g/mol. The van der Waals surface area contributed by atoms with E-state index >= 15 is 0 Å². The number of nitrogens with zero attached hydrogens (tertiary/aromatic N) is 2. The lowest BCUT2D eigenvalue weighted by atomic mass is 10.1. The molecule has 106 valence electrons. The molecule has 3 rings (SSSR count). The molecule has 6 nitrogen and oxygen atoms in total. The van der Waals surface area contributed by atoms with E-state index in [1.165, 1.54) is 12.1 Å². The van der Waals surface area contributed by atoms with Gasteiger partial charge in [-0.15, -0.1) is 0 Å². The van der Waals surface area contributed by atoms with Crippen LogP contribution in [0, 0.1) is 0 Å². The van der Waals surface area contributed by atoms with Gasteiger partial charge in [0.15, 0.2) is 0 Å². The number of nitrogens with one attached hydrogen (secondary N) is 1. The molecule has 0 aliphatic carbocycles. The summed E-state index contributed by atoms with van der Waals surface area (Å²) in [6.07, 6.45) is 1.60. The number of hydrogen-bond acceptors (Lipinski definition) is 6. The molecule has 0 spiro atoms. The van der Waals surface area contributed by atoms with Gasteiger partial charge in [0.1, 0.15) is 18.2 Å². The second kappa shape index (κ2) is 5.62. The third-order valence-corrected chi connectivity index (χ3v) is 3.97. The third-order valence-electron chi connectivity index (χ3n) is 3.37. The number of ether oxygens (including phenoxy) is 1. The molecule has 0 saturated carbocycles. The SMILES string of the molecule is NC1=NSNc2cccc(OCCN3CCCC3=O)c21. The Bertz CT molecular complexity index is 561. The smallest absolute Gasteiger partial charge is 0.222 e. The summed E-state index contributed by atoms with van der Waals surface area (Å²) in [4.78, 5) is 13.4. The molecule has 20 heavy (non-hydrogen) atoms. The lowest BCUT2D eigenvalue weighted by molar-refractivity contribution is -0.128. The zero-order valence-electron chi connectivity index (χ0n) is 11.0. The van der Waals surface area contributed by atoms with E-state index < -0.39 is 0 Å². The van der Waals surface area contributed by atoms with Gasteiger partial charge in [-0.2, -0.15) is 4.40 Å². The molecule has 2 aliphatic rings. The van der Waals surface area contributed by atoms with Gasteiger partial charge in [0, 0.05) is 13.0 Å². The van der Waals surface area contributed by atoms with Crippen LogP contribution < -0.4 is 15.2 Å². The number of anilines is 1. The Hall–Kier alpha value is -1.89. The highest BCUT2D eigenvalue weighted by molar-refractivity contribution is 7.99. The van der Waals surface area contributed by atoms with Crippen molar-refractivity contribution >= 4 is 29.6 Å². The van der Waals surface area contributed by atoms with Crippen molar-refractivity contribution in [3.05, 3.63) is 23.8 Å². The summed E-state index contributed by atoms with van der Waals surface area (Å²) < 4.78 is 12.9. The van der Waals surface area contributed by atoms with Crippen molar-refractivity contribution in [2.24, 2.45) is 10.1 Å². The first kappa shape index (κ1) is 13.1. The van der Waals surface area contributed by atoms with Gasteiger partial charge in [0.2, 0.25) is 5.91 Å². The Kier molecular flexibility index (Phi) is 3.68. The Balaban J connectivity index is 1.66. The van der Waals surface area contributed by atoms with Gasteiger partial charge >= 0.3 is 0 Å². The second-order valence-corrected chi connectivity index (χ2v) is 5.25. The highest BCUT2D eigenvalue weighted by atomic mass is 32.2. The first-order valence-electron chi connectivity index (χ1n) is 6.55. The fourth-order valence-corrected chi connectivity index (χ4v) is 2.88. The van der Waals surface area contributed by atoms with Crippen molar-refractivity contribution in [3.8, 4) is 5.75 Å². The van der Waals surface area contributed by atoms with Gasteiger partial charge in [0.05, 0.1) is 29.9 Å². The van der Waals surface area contributed by atoms with Gasteiger partial charge < -0.3 is 20.1 Å². The predicted molar refractivity (Wildman–Crippen MR) is 79.7 cm³/mol. The van der Waals surface area contributed by atoms with Crippen LogP contribution in [-0.4, -0.2) is 36.3 Å². The van der Waals surface area contributed by atoms with Crippen LogP contribution in [0.25, 0.3) is 0 Å². The minimum atomic E-state index is 0.211. The van der Waals surface area contributed by atoms with E-state index in [2.05, 4.69) is 9.12 Å². The van der Waals surface area contributed by atoms with E-state index in [4.69, 9.17) is 10.5 Å². The molecular formula is C13H16N4O2S. The van der Waals surface area contributed by atoms with Crippen LogP contribution in [0.5, 0.6) is 5.75 Å². The van der Waals surface area contributed by atoms with E-state index in [1.807, 2.05) is 23.1 Å². The molecule has 0 atom stereocenters. The molecule has 0 radical (unpaired) electrons. The number of hydrogen-bond donors (Lipinski definition) is 2. The number of amides is 1. The number of benzene rings is 1. The normalized spacial score (nSPS) is 17.5. The third kappa shape index (κ3) is 2.53. The summed E-state index contributed by atoms with van der Waals surface area (Å²) in [6.45, 7) is 1.90. The molecule has 1 saturated heterocycles. The fraction of sp³-hybridized carbons (Fsp3) is 0.385. The summed E-state index contributed by atoms with van der Waals surface area (Å²) in [7, 11) is 0. The summed E-state index contributed by atoms with van der Waals surface area (Å²) in [5.41, 5.74) is 7.60. The average molecular weight is 292 g/mol. The van der Waals surface area contributed by atoms with Crippen LogP contribution in [0.2, 0.25) is 0 Å².